The van der Waals surface area contributed by atoms with E-state index in [1.54, 1.807) is 0 Å². The maximum Gasteiger partial charge on any atom is 0.127 e. The molecule has 1 heterocycles. The highest BCUT2D eigenvalue weighted by atomic mass is 16.5. The molecule has 0 bridgehead atoms. The summed E-state index contributed by atoms with van der Waals surface area (Å²) in [4.78, 5) is 0. The smallest absolute Gasteiger partial charge is 0.127 e. The summed E-state index contributed by atoms with van der Waals surface area (Å²) in [5.74, 6) is 0.949. The Morgan fingerprint density at radius 2 is 1.68 bits per heavy atom. The van der Waals surface area contributed by atoms with Crippen molar-refractivity contribution in [2.24, 2.45) is 0 Å². The molecule has 0 atom stereocenters. The molecule has 0 amide bonds. The number of unbranched alkanes of at least 4 members (excludes halogenated alkanes) is 1. The molecule has 0 radical (unpaired) electrons. The Morgan fingerprint density at radius 3 is 2.36 bits per heavy atom. The topological polar surface area (TPSA) is 15.7 Å². The van der Waals surface area contributed by atoms with Gasteiger partial charge < -0.3 is 4.74 Å². The first kappa shape index (κ1) is 17.7. The van der Waals surface area contributed by atoms with Crippen LogP contribution in [0.5, 0.6) is 0 Å². The minimum Gasteiger partial charge on any atom is -0.493 e. The predicted octanol–water partition coefficient (Wildman–Crippen LogP) is 4.53. The van der Waals surface area contributed by atoms with E-state index in [0.717, 1.165) is 37.3 Å². The highest BCUT2D eigenvalue weighted by Crippen LogP contribution is 2.20. The molecule has 1 aliphatic rings. The average molecular weight is 336 g/mol. The van der Waals surface area contributed by atoms with Gasteiger partial charge in [0.15, 0.2) is 0 Å². The Hall–Kier alpha value is -2.10. The lowest BCUT2D eigenvalue weighted by molar-refractivity contribution is 0.0529. The Kier molecular flexibility index (Phi) is 6.66. The standard InChI is InChI=1S/C22H28N2O/c1-23-15-10-17-24(23)16-8-9-18-25-22(21-13-6-3-7-14-21)19-20-11-4-2-5-12-20/h2-7,11-14,19H,8-10,15-18H2,1H3. The SMILES string of the molecule is CN1CCCN1CCCCOC(=Cc1ccccc1)c1ccccc1. The van der Waals surface area contributed by atoms with Crippen molar-refractivity contribution in [2.45, 2.75) is 19.3 Å². The fraction of sp³-hybridized carbons (Fsp3) is 0.364. The zero-order valence-corrected chi connectivity index (χ0v) is 15.1. The second kappa shape index (κ2) is 9.40. The van der Waals surface area contributed by atoms with Crippen molar-refractivity contribution in [1.29, 1.82) is 0 Å². The van der Waals surface area contributed by atoms with Gasteiger partial charge in [-0.1, -0.05) is 60.7 Å². The van der Waals surface area contributed by atoms with Gasteiger partial charge in [0.25, 0.3) is 0 Å². The van der Waals surface area contributed by atoms with Gasteiger partial charge in [0.2, 0.25) is 0 Å². The number of rotatable bonds is 8. The van der Waals surface area contributed by atoms with E-state index in [9.17, 15) is 0 Å². The average Bonchev–Trinajstić information content (AvgIpc) is 3.07. The van der Waals surface area contributed by atoms with E-state index in [4.69, 9.17) is 4.74 Å². The Labute approximate surface area is 151 Å². The Balaban J connectivity index is 1.54. The van der Waals surface area contributed by atoms with E-state index < -0.39 is 0 Å². The summed E-state index contributed by atoms with van der Waals surface area (Å²) < 4.78 is 6.15. The van der Waals surface area contributed by atoms with Crippen molar-refractivity contribution < 1.29 is 4.74 Å². The summed E-state index contributed by atoms with van der Waals surface area (Å²) in [5, 5.41) is 4.78. The van der Waals surface area contributed by atoms with E-state index in [2.05, 4.69) is 71.7 Å². The first-order valence-electron chi connectivity index (χ1n) is 9.24. The van der Waals surface area contributed by atoms with Crippen LogP contribution in [0.25, 0.3) is 11.8 Å². The molecule has 1 fully saturated rings. The first-order chi connectivity index (χ1) is 12.3. The van der Waals surface area contributed by atoms with E-state index >= 15 is 0 Å². The Bertz CT molecular complexity index is 654. The van der Waals surface area contributed by atoms with Gasteiger partial charge in [-0.15, -0.1) is 0 Å². The highest BCUT2D eigenvalue weighted by Gasteiger charge is 2.16. The van der Waals surface area contributed by atoms with Crippen LogP contribution >= 0.6 is 0 Å². The van der Waals surface area contributed by atoms with Crippen LogP contribution in [0.2, 0.25) is 0 Å². The Morgan fingerprint density at radius 1 is 0.960 bits per heavy atom. The number of benzene rings is 2. The van der Waals surface area contributed by atoms with Crippen molar-refractivity contribution in [3.8, 4) is 0 Å². The van der Waals surface area contributed by atoms with E-state index in [0.29, 0.717) is 0 Å². The summed E-state index contributed by atoms with van der Waals surface area (Å²) in [7, 11) is 2.18. The van der Waals surface area contributed by atoms with Gasteiger partial charge in [0.1, 0.15) is 5.76 Å². The summed E-state index contributed by atoms with van der Waals surface area (Å²) in [6.45, 7) is 4.27. The molecule has 0 spiro atoms. The van der Waals surface area contributed by atoms with Gasteiger partial charge in [-0.25, -0.2) is 10.0 Å². The van der Waals surface area contributed by atoms with Crippen LogP contribution in [0.3, 0.4) is 0 Å². The monoisotopic (exact) mass is 336 g/mol. The normalized spacial score (nSPS) is 16.3. The molecular weight excluding hydrogens is 308 g/mol. The highest BCUT2D eigenvalue weighted by molar-refractivity contribution is 5.77. The largest absolute Gasteiger partial charge is 0.493 e. The van der Waals surface area contributed by atoms with Crippen LogP contribution in [0.4, 0.5) is 0 Å². The van der Waals surface area contributed by atoms with Crippen LogP contribution in [0, 0.1) is 0 Å². The summed E-state index contributed by atoms with van der Waals surface area (Å²) in [5.41, 5.74) is 2.30. The molecule has 25 heavy (non-hydrogen) atoms. The van der Waals surface area contributed by atoms with Crippen LogP contribution in [0.15, 0.2) is 60.7 Å². The molecule has 3 heteroatoms. The van der Waals surface area contributed by atoms with Crippen LogP contribution in [-0.2, 0) is 4.74 Å². The van der Waals surface area contributed by atoms with E-state index in [1.807, 2.05) is 12.1 Å². The van der Waals surface area contributed by atoms with Gasteiger partial charge in [0, 0.05) is 32.2 Å². The molecule has 0 N–H and O–H groups in total. The third kappa shape index (κ3) is 5.45. The molecule has 0 saturated carbocycles. The fourth-order valence-electron chi connectivity index (χ4n) is 3.17. The summed E-state index contributed by atoms with van der Waals surface area (Å²) in [6, 6.07) is 20.7. The lowest BCUT2D eigenvalue weighted by atomic mass is 10.1. The minimum absolute atomic E-state index is 0.755. The van der Waals surface area contributed by atoms with Crippen molar-refractivity contribution >= 4 is 11.8 Å². The van der Waals surface area contributed by atoms with Crippen molar-refractivity contribution in [1.82, 2.24) is 10.0 Å². The van der Waals surface area contributed by atoms with Gasteiger partial charge in [-0.05, 0) is 30.9 Å². The predicted molar refractivity (Wildman–Crippen MR) is 105 cm³/mol. The molecule has 0 unspecified atom stereocenters. The number of ether oxygens (including phenoxy) is 1. The zero-order chi connectivity index (χ0) is 17.3. The summed E-state index contributed by atoms with van der Waals surface area (Å²) >= 11 is 0. The molecule has 2 aromatic carbocycles. The van der Waals surface area contributed by atoms with E-state index in [-0.39, 0.29) is 0 Å². The number of hydrogen-bond acceptors (Lipinski definition) is 3. The number of nitrogens with zero attached hydrogens (tertiary/aromatic N) is 2. The maximum absolute atomic E-state index is 6.15. The molecule has 0 aromatic heterocycles. The molecule has 1 saturated heterocycles. The number of hydrazine groups is 1. The van der Waals surface area contributed by atoms with Crippen molar-refractivity contribution in [3.63, 3.8) is 0 Å². The summed E-state index contributed by atoms with van der Waals surface area (Å²) in [6.07, 6.45) is 5.65. The van der Waals surface area contributed by atoms with Crippen LogP contribution in [0.1, 0.15) is 30.4 Å². The van der Waals surface area contributed by atoms with E-state index in [1.165, 1.54) is 25.1 Å². The quantitative estimate of drug-likeness (QED) is 0.400. The zero-order valence-electron chi connectivity index (χ0n) is 15.1. The molecule has 3 rings (SSSR count). The lowest BCUT2D eigenvalue weighted by Crippen LogP contribution is -2.33. The molecular formula is C22H28N2O. The van der Waals surface area contributed by atoms with Gasteiger partial charge in [0.05, 0.1) is 6.61 Å². The third-order valence-corrected chi connectivity index (χ3v) is 4.60. The van der Waals surface area contributed by atoms with Gasteiger partial charge in [-0.3, -0.25) is 0 Å². The fourth-order valence-corrected chi connectivity index (χ4v) is 3.17. The molecule has 0 aliphatic carbocycles. The van der Waals surface area contributed by atoms with Crippen molar-refractivity contribution in [2.75, 3.05) is 33.3 Å². The van der Waals surface area contributed by atoms with Crippen molar-refractivity contribution in [3.05, 3.63) is 71.8 Å². The molecule has 1 aliphatic heterocycles. The third-order valence-electron chi connectivity index (χ3n) is 4.60. The molecule has 3 nitrogen and oxygen atoms in total. The molecule has 2 aromatic rings. The second-order valence-electron chi connectivity index (χ2n) is 6.53. The number of hydrogen-bond donors (Lipinski definition) is 0. The maximum atomic E-state index is 6.15. The molecule has 132 valence electrons. The second-order valence-corrected chi connectivity index (χ2v) is 6.53. The van der Waals surface area contributed by atoms with Gasteiger partial charge >= 0.3 is 0 Å². The van der Waals surface area contributed by atoms with Crippen LogP contribution in [-0.4, -0.2) is 43.3 Å². The van der Waals surface area contributed by atoms with Gasteiger partial charge in [-0.2, -0.15) is 0 Å². The van der Waals surface area contributed by atoms with Crippen LogP contribution < -0.4 is 0 Å². The minimum atomic E-state index is 0.755. The lowest BCUT2D eigenvalue weighted by Gasteiger charge is -2.23. The first-order valence-corrected chi connectivity index (χ1v) is 9.24.